The molecule has 2 amide bonds. The molecule has 10 heteroatoms. The van der Waals surface area contributed by atoms with E-state index in [0.717, 1.165) is 17.8 Å². The van der Waals surface area contributed by atoms with E-state index in [1.54, 1.807) is 25.6 Å². The summed E-state index contributed by atoms with van der Waals surface area (Å²) in [5.41, 5.74) is -0.111. The van der Waals surface area contributed by atoms with Crippen molar-refractivity contribution < 1.29 is 27.2 Å². The topological polar surface area (TPSA) is 76.0 Å². The summed E-state index contributed by atoms with van der Waals surface area (Å²) in [7, 11) is 1.71. The van der Waals surface area contributed by atoms with Crippen molar-refractivity contribution in [1.29, 1.82) is 0 Å². The zero-order valence-corrected chi connectivity index (χ0v) is 17.5. The summed E-state index contributed by atoms with van der Waals surface area (Å²) in [6.07, 6.45) is -4.95. The van der Waals surface area contributed by atoms with Crippen LogP contribution >= 0.6 is 0 Å². The van der Waals surface area contributed by atoms with Gasteiger partial charge in [0.15, 0.2) is 0 Å². The molecule has 3 aromatic rings. The first-order valence-corrected chi connectivity index (χ1v) is 9.53. The number of nitrogens with one attached hydrogen (secondary N) is 2. The van der Waals surface area contributed by atoms with Crippen LogP contribution in [-0.2, 0) is 24.4 Å². The maximum Gasteiger partial charge on any atom is 0.418 e. The van der Waals surface area contributed by atoms with Gasteiger partial charge in [-0.1, -0.05) is 12.1 Å². The second kappa shape index (κ2) is 8.81. The summed E-state index contributed by atoms with van der Waals surface area (Å²) in [5.74, 6) is -2.33. The molecule has 32 heavy (non-hydrogen) atoms. The van der Waals surface area contributed by atoms with Crippen molar-refractivity contribution in [3.05, 3.63) is 76.4 Å². The van der Waals surface area contributed by atoms with Crippen LogP contribution in [0.1, 0.15) is 32.9 Å². The number of aromatic nitrogens is 2. The normalized spacial score (nSPS) is 11.3. The number of benzene rings is 2. The van der Waals surface area contributed by atoms with Crippen molar-refractivity contribution in [1.82, 2.24) is 9.78 Å². The number of hydrogen-bond donors (Lipinski definition) is 2. The molecule has 2 N–H and O–H groups in total. The smallest absolute Gasteiger partial charge is 0.325 e. The molecule has 0 aliphatic rings. The first-order chi connectivity index (χ1) is 15.0. The van der Waals surface area contributed by atoms with E-state index in [9.17, 15) is 27.2 Å². The van der Waals surface area contributed by atoms with Gasteiger partial charge >= 0.3 is 6.18 Å². The number of carbonyl (C=O) groups excluding carboxylic acids is 2. The molecule has 0 atom stereocenters. The fraction of sp³-hybridized carbons (Fsp3) is 0.227. The van der Waals surface area contributed by atoms with Gasteiger partial charge in [-0.05, 0) is 44.2 Å². The zero-order valence-electron chi connectivity index (χ0n) is 17.5. The van der Waals surface area contributed by atoms with Crippen LogP contribution in [0.2, 0.25) is 0 Å². The highest BCUT2D eigenvalue weighted by Crippen LogP contribution is 2.37. The van der Waals surface area contributed by atoms with Gasteiger partial charge in [-0.3, -0.25) is 14.3 Å². The zero-order chi connectivity index (χ0) is 23.6. The van der Waals surface area contributed by atoms with Crippen LogP contribution in [0.5, 0.6) is 0 Å². The number of amides is 2. The summed E-state index contributed by atoms with van der Waals surface area (Å²) < 4.78 is 56.2. The number of nitrogens with zero attached hydrogens (tertiary/aromatic N) is 2. The number of carbonyl (C=O) groups is 2. The summed E-state index contributed by atoms with van der Waals surface area (Å²) in [6, 6.07) is 8.04. The predicted molar refractivity (Wildman–Crippen MR) is 111 cm³/mol. The number of rotatable bonds is 5. The fourth-order valence-corrected chi connectivity index (χ4v) is 3.24. The molecular formula is C22H20F4N4O2. The molecule has 168 valence electrons. The van der Waals surface area contributed by atoms with Crippen molar-refractivity contribution in [3.63, 3.8) is 0 Å². The Morgan fingerprint density at radius 1 is 1.06 bits per heavy atom. The third kappa shape index (κ3) is 4.96. The lowest BCUT2D eigenvalue weighted by molar-refractivity contribution is -0.136. The van der Waals surface area contributed by atoms with Crippen LogP contribution in [-0.4, -0.2) is 21.6 Å². The van der Waals surface area contributed by atoms with Gasteiger partial charge in [-0.2, -0.15) is 18.3 Å². The maximum absolute atomic E-state index is 13.8. The largest absolute Gasteiger partial charge is 0.418 e. The number of halogens is 4. The van der Waals surface area contributed by atoms with E-state index in [1.165, 1.54) is 24.3 Å². The predicted octanol–water partition coefficient (Wildman–Crippen LogP) is 4.63. The Bertz CT molecular complexity index is 1190. The Labute approximate surface area is 181 Å². The Balaban J connectivity index is 1.83. The van der Waals surface area contributed by atoms with Gasteiger partial charge in [-0.15, -0.1) is 0 Å². The average Bonchev–Trinajstić information content (AvgIpc) is 2.94. The third-order valence-corrected chi connectivity index (χ3v) is 4.97. The Morgan fingerprint density at radius 2 is 1.75 bits per heavy atom. The number of aryl methyl sites for hydroxylation is 2. The van der Waals surface area contributed by atoms with Crippen LogP contribution in [0.15, 0.2) is 42.5 Å². The standard InChI is InChI=1S/C22H20F4N4O2/c1-12-16(13(2)30(3)29-12)11-20(31)28-19-9-8-14(10-17(19)22(24,25)26)27-21(32)15-6-4-5-7-18(15)23/h4-10H,11H2,1-3H3,(H,27,32)(H,28,31). The molecule has 6 nitrogen and oxygen atoms in total. The van der Waals surface area contributed by atoms with Crippen molar-refractivity contribution in [3.8, 4) is 0 Å². The molecular weight excluding hydrogens is 428 g/mol. The molecule has 1 aromatic heterocycles. The van der Waals surface area contributed by atoms with Crippen LogP contribution in [0, 0.1) is 19.7 Å². The minimum atomic E-state index is -4.80. The molecule has 0 fully saturated rings. The first-order valence-electron chi connectivity index (χ1n) is 9.53. The molecule has 3 rings (SSSR count). The number of alkyl halides is 3. The highest BCUT2D eigenvalue weighted by Gasteiger charge is 2.34. The van der Waals surface area contributed by atoms with E-state index in [0.29, 0.717) is 17.3 Å². The van der Waals surface area contributed by atoms with Crippen LogP contribution < -0.4 is 10.6 Å². The minimum Gasteiger partial charge on any atom is -0.325 e. The van der Waals surface area contributed by atoms with Crippen LogP contribution in [0.4, 0.5) is 28.9 Å². The molecule has 1 heterocycles. The molecule has 0 saturated heterocycles. The lowest BCUT2D eigenvalue weighted by atomic mass is 10.1. The molecule has 0 radical (unpaired) electrons. The second-order valence-corrected chi connectivity index (χ2v) is 7.19. The van der Waals surface area contributed by atoms with Gasteiger partial charge in [0.2, 0.25) is 5.91 Å². The molecule has 0 aliphatic carbocycles. The van der Waals surface area contributed by atoms with E-state index < -0.39 is 35.1 Å². The first kappa shape index (κ1) is 23.0. The van der Waals surface area contributed by atoms with Gasteiger partial charge < -0.3 is 10.6 Å². The van der Waals surface area contributed by atoms with Crippen LogP contribution in [0.3, 0.4) is 0 Å². The van der Waals surface area contributed by atoms with Gasteiger partial charge in [0.25, 0.3) is 5.91 Å². The molecule has 2 aromatic carbocycles. The summed E-state index contributed by atoms with van der Waals surface area (Å²) in [6.45, 7) is 3.47. The summed E-state index contributed by atoms with van der Waals surface area (Å²) >= 11 is 0. The molecule has 0 aliphatic heterocycles. The van der Waals surface area contributed by atoms with E-state index in [2.05, 4.69) is 15.7 Å². The Kier molecular flexibility index (Phi) is 6.33. The monoisotopic (exact) mass is 448 g/mol. The highest BCUT2D eigenvalue weighted by molar-refractivity contribution is 6.04. The minimum absolute atomic E-state index is 0.144. The molecule has 0 spiro atoms. The van der Waals surface area contributed by atoms with Crippen LogP contribution in [0.25, 0.3) is 0 Å². The Hall–Kier alpha value is -3.69. The maximum atomic E-state index is 13.8. The van der Waals surface area contributed by atoms with Gasteiger partial charge in [-0.25, -0.2) is 4.39 Å². The lowest BCUT2D eigenvalue weighted by Gasteiger charge is -2.16. The summed E-state index contributed by atoms with van der Waals surface area (Å²) in [4.78, 5) is 24.7. The van der Waals surface area contributed by atoms with Crippen molar-refractivity contribution >= 4 is 23.2 Å². The molecule has 0 bridgehead atoms. The van der Waals surface area contributed by atoms with Gasteiger partial charge in [0, 0.05) is 24.0 Å². The highest BCUT2D eigenvalue weighted by atomic mass is 19.4. The van der Waals surface area contributed by atoms with Gasteiger partial charge in [0.05, 0.1) is 28.9 Å². The van der Waals surface area contributed by atoms with E-state index in [-0.39, 0.29) is 17.7 Å². The van der Waals surface area contributed by atoms with Gasteiger partial charge in [0.1, 0.15) is 5.82 Å². The van der Waals surface area contributed by atoms with Crippen molar-refractivity contribution in [2.24, 2.45) is 7.05 Å². The van der Waals surface area contributed by atoms with E-state index in [4.69, 9.17) is 0 Å². The fourth-order valence-electron chi connectivity index (χ4n) is 3.24. The Morgan fingerprint density at radius 3 is 2.34 bits per heavy atom. The lowest BCUT2D eigenvalue weighted by Crippen LogP contribution is -2.20. The van der Waals surface area contributed by atoms with E-state index >= 15 is 0 Å². The van der Waals surface area contributed by atoms with E-state index in [1.807, 2.05) is 0 Å². The second-order valence-electron chi connectivity index (χ2n) is 7.19. The number of anilines is 2. The number of hydrogen-bond acceptors (Lipinski definition) is 3. The SMILES string of the molecule is Cc1nn(C)c(C)c1CC(=O)Nc1ccc(NC(=O)c2ccccc2F)cc1C(F)(F)F. The van der Waals surface area contributed by atoms with Crippen molar-refractivity contribution in [2.75, 3.05) is 10.6 Å². The quantitative estimate of drug-likeness (QED) is 0.559. The molecule has 0 unspecified atom stereocenters. The summed E-state index contributed by atoms with van der Waals surface area (Å²) in [5, 5.41) is 8.72. The molecule has 0 saturated carbocycles. The average molecular weight is 448 g/mol. The third-order valence-electron chi connectivity index (χ3n) is 4.97. The van der Waals surface area contributed by atoms with Crippen molar-refractivity contribution in [2.45, 2.75) is 26.4 Å².